The highest BCUT2D eigenvalue weighted by molar-refractivity contribution is 5.75. The Hall–Kier alpha value is -3.26. The maximum Gasteiger partial charge on any atom is 0.407 e. The number of benzene rings is 2. The van der Waals surface area contributed by atoms with Crippen molar-refractivity contribution < 1.29 is 23.8 Å². The van der Waals surface area contributed by atoms with Gasteiger partial charge in [0, 0.05) is 31.1 Å². The van der Waals surface area contributed by atoms with E-state index in [1.165, 1.54) is 5.56 Å². The molecule has 2 heterocycles. The number of nitrogens with zero attached hydrogens (tertiary/aromatic N) is 1. The standard InChI is InChI=1S/C27H35N3O5/c1-27(2,3)35-26(32)29-21-14-22-19-13-23(33-4)24(34-16-25(28)31)12-18(19)10-11-30(22)15-20(21)17-8-6-5-7-9-17/h5-9,12-13,20-22H,10-11,14-16H2,1-4H3,(H2,28,31)(H,29,32)/t20-,21+,22+/m0/s1. The van der Waals surface area contributed by atoms with Crippen LogP contribution in [0.1, 0.15) is 55.8 Å². The summed E-state index contributed by atoms with van der Waals surface area (Å²) < 4.78 is 16.8. The highest BCUT2D eigenvalue weighted by atomic mass is 16.6. The fourth-order valence-corrected chi connectivity index (χ4v) is 5.12. The number of amides is 2. The van der Waals surface area contributed by atoms with E-state index in [-0.39, 0.29) is 24.6 Å². The van der Waals surface area contributed by atoms with Gasteiger partial charge in [-0.15, -0.1) is 0 Å². The van der Waals surface area contributed by atoms with Crippen molar-refractivity contribution in [1.29, 1.82) is 0 Å². The van der Waals surface area contributed by atoms with Crippen molar-refractivity contribution in [2.45, 2.75) is 57.2 Å². The van der Waals surface area contributed by atoms with Crippen LogP contribution in [-0.2, 0) is 16.0 Å². The van der Waals surface area contributed by atoms with Gasteiger partial charge in [-0.3, -0.25) is 9.69 Å². The van der Waals surface area contributed by atoms with Crippen molar-refractivity contribution in [2.24, 2.45) is 5.73 Å². The van der Waals surface area contributed by atoms with E-state index in [0.29, 0.717) is 11.5 Å². The fraction of sp³-hybridized carbons (Fsp3) is 0.481. The lowest BCUT2D eigenvalue weighted by Gasteiger charge is -2.47. The third-order valence-electron chi connectivity index (χ3n) is 6.59. The van der Waals surface area contributed by atoms with Crippen molar-refractivity contribution in [3.63, 3.8) is 0 Å². The number of alkyl carbamates (subject to hydrolysis) is 1. The number of primary amides is 1. The molecule has 2 aliphatic heterocycles. The molecule has 0 saturated carbocycles. The maximum atomic E-state index is 12.8. The lowest BCUT2D eigenvalue weighted by Crippen LogP contribution is -2.53. The van der Waals surface area contributed by atoms with E-state index < -0.39 is 17.6 Å². The number of ether oxygens (including phenoxy) is 3. The molecular weight excluding hydrogens is 446 g/mol. The molecule has 1 saturated heterocycles. The van der Waals surface area contributed by atoms with Gasteiger partial charge in [-0.2, -0.15) is 0 Å². The lowest BCUT2D eigenvalue weighted by atomic mass is 9.78. The molecule has 0 spiro atoms. The third kappa shape index (κ3) is 5.88. The first-order chi connectivity index (χ1) is 16.6. The average molecular weight is 482 g/mol. The molecule has 1 fully saturated rings. The van der Waals surface area contributed by atoms with E-state index in [9.17, 15) is 9.59 Å². The number of hydrogen-bond donors (Lipinski definition) is 2. The molecule has 2 amide bonds. The first kappa shape index (κ1) is 24.9. The third-order valence-corrected chi connectivity index (χ3v) is 6.59. The van der Waals surface area contributed by atoms with Crippen molar-refractivity contribution in [3.8, 4) is 11.5 Å². The largest absolute Gasteiger partial charge is 0.493 e. The number of carbonyl (C=O) groups excluding carboxylic acids is 2. The minimum Gasteiger partial charge on any atom is -0.493 e. The predicted molar refractivity (Wildman–Crippen MR) is 133 cm³/mol. The minimum atomic E-state index is -0.570. The molecule has 8 heteroatoms. The zero-order chi connectivity index (χ0) is 25.2. The summed E-state index contributed by atoms with van der Waals surface area (Å²) in [6, 6.07) is 14.3. The van der Waals surface area contributed by atoms with Gasteiger partial charge in [0.05, 0.1) is 7.11 Å². The molecule has 4 rings (SSSR count). The second-order valence-electron chi connectivity index (χ2n) is 10.2. The van der Waals surface area contributed by atoms with Crippen LogP contribution >= 0.6 is 0 Å². The van der Waals surface area contributed by atoms with Crippen molar-refractivity contribution >= 4 is 12.0 Å². The van der Waals surface area contributed by atoms with Gasteiger partial charge in [0.25, 0.3) is 5.91 Å². The van der Waals surface area contributed by atoms with E-state index >= 15 is 0 Å². The van der Waals surface area contributed by atoms with Gasteiger partial charge in [0.1, 0.15) is 5.60 Å². The molecule has 0 aromatic heterocycles. The second-order valence-corrected chi connectivity index (χ2v) is 10.2. The van der Waals surface area contributed by atoms with Crippen LogP contribution in [0, 0.1) is 0 Å². The Bertz CT molecular complexity index is 1070. The normalized spacial score (nSPS) is 21.9. The SMILES string of the molecule is COc1cc2c(cc1OCC(N)=O)CCN1C[C@@H](c3ccccc3)[C@H](NC(=O)OC(C)(C)C)C[C@H]21. The molecule has 2 aliphatic rings. The first-order valence-corrected chi connectivity index (χ1v) is 12.0. The predicted octanol–water partition coefficient (Wildman–Crippen LogP) is 3.54. The second kappa shape index (κ2) is 10.2. The molecule has 3 atom stereocenters. The molecule has 2 aromatic carbocycles. The Morgan fingerprint density at radius 3 is 2.54 bits per heavy atom. The summed E-state index contributed by atoms with van der Waals surface area (Å²) in [5.41, 5.74) is 8.19. The smallest absolute Gasteiger partial charge is 0.407 e. The number of nitrogens with one attached hydrogen (secondary N) is 1. The topological polar surface area (TPSA) is 103 Å². The number of nitrogens with two attached hydrogens (primary N) is 1. The van der Waals surface area contributed by atoms with Gasteiger partial charge in [0.15, 0.2) is 18.1 Å². The zero-order valence-corrected chi connectivity index (χ0v) is 20.9. The minimum absolute atomic E-state index is 0.101. The number of fused-ring (bicyclic) bond motifs is 3. The number of carbonyl (C=O) groups is 2. The fourth-order valence-electron chi connectivity index (χ4n) is 5.12. The average Bonchev–Trinajstić information content (AvgIpc) is 2.81. The molecule has 35 heavy (non-hydrogen) atoms. The molecule has 0 aliphatic carbocycles. The molecule has 188 valence electrons. The molecule has 0 unspecified atom stereocenters. The summed E-state index contributed by atoms with van der Waals surface area (Å²) in [7, 11) is 1.58. The van der Waals surface area contributed by atoms with E-state index in [0.717, 1.165) is 37.1 Å². The van der Waals surface area contributed by atoms with Crippen LogP contribution in [0.3, 0.4) is 0 Å². The van der Waals surface area contributed by atoms with Gasteiger partial charge in [-0.25, -0.2) is 4.79 Å². The summed E-state index contributed by atoms with van der Waals surface area (Å²) in [6.07, 6.45) is 1.19. The van der Waals surface area contributed by atoms with Gasteiger partial charge in [0.2, 0.25) is 0 Å². The quantitative estimate of drug-likeness (QED) is 0.654. The Morgan fingerprint density at radius 2 is 1.89 bits per heavy atom. The highest BCUT2D eigenvalue weighted by Crippen LogP contribution is 2.44. The molecule has 2 aromatic rings. The summed E-state index contributed by atoms with van der Waals surface area (Å²) in [5, 5.41) is 3.17. The van der Waals surface area contributed by atoms with E-state index in [1.54, 1.807) is 7.11 Å². The van der Waals surface area contributed by atoms with Crippen LogP contribution in [0.25, 0.3) is 0 Å². The van der Waals surface area contributed by atoms with Crippen LogP contribution in [0.15, 0.2) is 42.5 Å². The lowest BCUT2D eigenvalue weighted by molar-refractivity contribution is -0.119. The van der Waals surface area contributed by atoms with Crippen molar-refractivity contribution in [1.82, 2.24) is 10.2 Å². The Balaban J connectivity index is 1.63. The van der Waals surface area contributed by atoms with E-state index in [1.807, 2.05) is 51.1 Å². The van der Waals surface area contributed by atoms with Crippen LogP contribution in [0.5, 0.6) is 11.5 Å². The molecule has 0 radical (unpaired) electrons. The van der Waals surface area contributed by atoms with Gasteiger partial charge < -0.3 is 25.3 Å². The number of piperidine rings is 1. The van der Waals surface area contributed by atoms with E-state index in [4.69, 9.17) is 19.9 Å². The molecule has 8 nitrogen and oxygen atoms in total. The summed E-state index contributed by atoms with van der Waals surface area (Å²) in [6.45, 7) is 7.10. The highest BCUT2D eigenvalue weighted by Gasteiger charge is 2.41. The molecule has 3 N–H and O–H groups in total. The Labute approximate surface area is 206 Å². The maximum absolute atomic E-state index is 12.8. The van der Waals surface area contributed by atoms with Crippen LogP contribution in [0.4, 0.5) is 4.79 Å². The first-order valence-electron chi connectivity index (χ1n) is 12.0. The number of rotatable bonds is 6. The number of hydrogen-bond acceptors (Lipinski definition) is 6. The summed E-state index contributed by atoms with van der Waals surface area (Å²) in [5.74, 6) is 0.682. The molecular formula is C27H35N3O5. The van der Waals surface area contributed by atoms with Gasteiger partial charge in [-0.1, -0.05) is 30.3 Å². The van der Waals surface area contributed by atoms with Crippen molar-refractivity contribution in [2.75, 3.05) is 26.8 Å². The van der Waals surface area contributed by atoms with E-state index in [2.05, 4.69) is 22.3 Å². The zero-order valence-electron chi connectivity index (χ0n) is 20.9. The summed E-state index contributed by atoms with van der Waals surface area (Å²) in [4.78, 5) is 26.5. The van der Waals surface area contributed by atoms with Crippen molar-refractivity contribution in [3.05, 3.63) is 59.2 Å². The van der Waals surface area contributed by atoms with Gasteiger partial charge >= 0.3 is 6.09 Å². The van der Waals surface area contributed by atoms with Crippen LogP contribution in [0.2, 0.25) is 0 Å². The van der Waals surface area contributed by atoms with Gasteiger partial charge in [-0.05, 0) is 62.4 Å². The Kier molecular flexibility index (Phi) is 7.21. The molecule has 0 bridgehead atoms. The Morgan fingerprint density at radius 1 is 1.14 bits per heavy atom. The van der Waals surface area contributed by atoms with Crippen LogP contribution in [-0.4, -0.2) is 55.3 Å². The monoisotopic (exact) mass is 481 g/mol. The van der Waals surface area contributed by atoms with Crippen LogP contribution < -0.4 is 20.5 Å². The number of methoxy groups -OCH3 is 1. The summed E-state index contributed by atoms with van der Waals surface area (Å²) >= 11 is 0.